The smallest absolute Gasteiger partial charge is 0.255 e. The van der Waals surface area contributed by atoms with Gasteiger partial charge in [0.15, 0.2) is 5.75 Å². The fourth-order valence-electron chi connectivity index (χ4n) is 2.51. The van der Waals surface area contributed by atoms with Crippen LogP contribution in [0.1, 0.15) is 22.8 Å². The van der Waals surface area contributed by atoms with Gasteiger partial charge < -0.3 is 14.8 Å². The predicted molar refractivity (Wildman–Crippen MR) is 114 cm³/mol. The third-order valence-corrected chi connectivity index (χ3v) is 4.63. The molecule has 9 heteroatoms. The van der Waals surface area contributed by atoms with E-state index in [4.69, 9.17) is 44.3 Å². The highest BCUT2D eigenvalue weighted by atomic mass is 35.5. The minimum Gasteiger partial charge on any atom is -0.486 e. The van der Waals surface area contributed by atoms with E-state index in [0.717, 1.165) is 5.56 Å². The van der Waals surface area contributed by atoms with Gasteiger partial charge in [0, 0.05) is 17.2 Å². The molecule has 2 aromatic carbocycles. The topological polar surface area (TPSA) is 65.4 Å². The lowest BCUT2D eigenvalue weighted by molar-refractivity contribution is 0.0792. The van der Waals surface area contributed by atoms with Gasteiger partial charge in [-0.25, -0.2) is 4.68 Å². The highest BCUT2D eigenvalue weighted by molar-refractivity contribution is 6.40. The zero-order chi connectivity index (χ0) is 20.8. The van der Waals surface area contributed by atoms with E-state index in [1.54, 1.807) is 47.4 Å². The first-order chi connectivity index (χ1) is 14.0. The Morgan fingerprint density at radius 1 is 1.17 bits per heavy atom. The number of ether oxygens (including phenoxy) is 2. The second kappa shape index (κ2) is 9.98. The Labute approximate surface area is 183 Å². The first-order valence-corrected chi connectivity index (χ1v) is 9.87. The molecule has 0 saturated heterocycles. The molecule has 0 aliphatic heterocycles. The molecule has 1 N–H and O–H groups in total. The summed E-state index contributed by atoms with van der Waals surface area (Å²) in [4.78, 5) is 12.5. The number of amides is 1. The van der Waals surface area contributed by atoms with Crippen LogP contribution >= 0.6 is 34.8 Å². The van der Waals surface area contributed by atoms with Gasteiger partial charge in [0.25, 0.3) is 5.91 Å². The van der Waals surface area contributed by atoms with Gasteiger partial charge in [-0.1, -0.05) is 46.9 Å². The first kappa shape index (κ1) is 21.5. The zero-order valence-corrected chi connectivity index (χ0v) is 17.8. The predicted octanol–water partition coefficient (Wildman–Crippen LogP) is 5.67. The van der Waals surface area contributed by atoms with E-state index < -0.39 is 0 Å². The van der Waals surface area contributed by atoms with Crippen molar-refractivity contribution in [3.8, 4) is 5.75 Å². The second-order valence-electron chi connectivity index (χ2n) is 6.03. The van der Waals surface area contributed by atoms with Crippen molar-refractivity contribution in [1.82, 2.24) is 9.78 Å². The number of rotatable bonds is 8. The molecule has 3 rings (SSSR count). The maximum Gasteiger partial charge on any atom is 0.255 e. The lowest BCUT2D eigenvalue weighted by atomic mass is 10.1. The van der Waals surface area contributed by atoms with Gasteiger partial charge in [0.1, 0.15) is 13.3 Å². The highest BCUT2D eigenvalue weighted by Gasteiger charge is 2.11. The van der Waals surface area contributed by atoms with E-state index in [-0.39, 0.29) is 12.5 Å². The minimum absolute atomic E-state index is 0.189. The maximum atomic E-state index is 12.5. The molecule has 0 aliphatic carbocycles. The SMILES string of the molecule is CCOCn1cc(NC(=O)c2cccc(COc3c(Cl)cc(Cl)cc3Cl)c2)cn1. The van der Waals surface area contributed by atoms with Crippen molar-refractivity contribution in [2.45, 2.75) is 20.3 Å². The van der Waals surface area contributed by atoms with E-state index in [0.29, 0.717) is 45.4 Å². The number of nitrogens with one attached hydrogen (secondary N) is 1. The summed E-state index contributed by atoms with van der Waals surface area (Å²) in [5.41, 5.74) is 1.85. The molecule has 0 fully saturated rings. The Balaban J connectivity index is 1.64. The van der Waals surface area contributed by atoms with E-state index in [1.165, 1.54) is 0 Å². The average Bonchev–Trinajstić information content (AvgIpc) is 3.13. The molecular formula is C20H18Cl3N3O3. The van der Waals surface area contributed by atoms with Crippen LogP contribution in [0, 0.1) is 0 Å². The third-order valence-electron chi connectivity index (χ3n) is 3.85. The van der Waals surface area contributed by atoms with E-state index in [2.05, 4.69) is 10.4 Å². The summed E-state index contributed by atoms with van der Waals surface area (Å²) in [5, 5.41) is 8.00. The van der Waals surface area contributed by atoms with E-state index >= 15 is 0 Å². The van der Waals surface area contributed by atoms with E-state index in [1.807, 2.05) is 13.0 Å². The summed E-state index contributed by atoms with van der Waals surface area (Å²) in [6.45, 7) is 3.00. The van der Waals surface area contributed by atoms with Crippen LogP contribution < -0.4 is 10.1 Å². The molecule has 0 radical (unpaired) electrons. The van der Waals surface area contributed by atoms with Crippen molar-refractivity contribution >= 4 is 46.4 Å². The number of carbonyl (C=O) groups is 1. The minimum atomic E-state index is -0.259. The summed E-state index contributed by atoms with van der Waals surface area (Å²) in [6, 6.07) is 10.2. The molecule has 6 nitrogen and oxygen atoms in total. The molecule has 0 atom stereocenters. The summed E-state index contributed by atoms with van der Waals surface area (Å²) in [7, 11) is 0. The van der Waals surface area contributed by atoms with Crippen molar-refractivity contribution in [2.75, 3.05) is 11.9 Å². The van der Waals surface area contributed by atoms with Crippen molar-refractivity contribution in [2.24, 2.45) is 0 Å². The fourth-order valence-corrected chi connectivity index (χ4v) is 3.44. The Hall–Kier alpha value is -2.25. The van der Waals surface area contributed by atoms with Crippen LogP contribution in [0.4, 0.5) is 5.69 Å². The van der Waals surface area contributed by atoms with Crippen LogP contribution in [0.15, 0.2) is 48.8 Å². The largest absolute Gasteiger partial charge is 0.486 e. The molecule has 1 aromatic heterocycles. The van der Waals surface area contributed by atoms with Crippen LogP contribution in [0.5, 0.6) is 5.75 Å². The van der Waals surface area contributed by atoms with E-state index in [9.17, 15) is 4.79 Å². The third kappa shape index (κ3) is 5.87. The molecule has 0 unspecified atom stereocenters. The molecule has 0 bridgehead atoms. The number of hydrogen-bond donors (Lipinski definition) is 1. The molecular weight excluding hydrogens is 437 g/mol. The number of benzene rings is 2. The summed E-state index contributed by atoms with van der Waals surface area (Å²) in [5.74, 6) is 0.0830. The van der Waals surface area contributed by atoms with Gasteiger partial charge >= 0.3 is 0 Å². The number of hydrogen-bond acceptors (Lipinski definition) is 4. The molecule has 29 heavy (non-hydrogen) atoms. The number of nitrogens with zero attached hydrogens (tertiary/aromatic N) is 2. The lowest BCUT2D eigenvalue weighted by Crippen LogP contribution is -2.12. The number of carbonyl (C=O) groups excluding carboxylic acids is 1. The van der Waals surface area contributed by atoms with Crippen LogP contribution in [0.25, 0.3) is 0 Å². The second-order valence-corrected chi connectivity index (χ2v) is 7.28. The summed E-state index contributed by atoms with van der Waals surface area (Å²) < 4.78 is 12.6. The molecule has 0 saturated carbocycles. The van der Waals surface area contributed by atoms with Crippen LogP contribution in [-0.4, -0.2) is 22.3 Å². The summed E-state index contributed by atoms with van der Waals surface area (Å²) >= 11 is 18.2. The number of halogens is 3. The quantitative estimate of drug-likeness (QED) is 0.476. The Bertz CT molecular complexity index is 984. The monoisotopic (exact) mass is 453 g/mol. The summed E-state index contributed by atoms with van der Waals surface area (Å²) in [6.07, 6.45) is 3.26. The van der Waals surface area contributed by atoms with Gasteiger partial charge in [-0.2, -0.15) is 5.10 Å². The molecule has 0 aliphatic rings. The maximum absolute atomic E-state index is 12.5. The van der Waals surface area contributed by atoms with Gasteiger partial charge in [-0.3, -0.25) is 4.79 Å². The number of aromatic nitrogens is 2. The Morgan fingerprint density at radius 2 is 1.93 bits per heavy atom. The first-order valence-electron chi connectivity index (χ1n) is 8.74. The fraction of sp³-hybridized carbons (Fsp3) is 0.200. The van der Waals surface area contributed by atoms with Crippen LogP contribution in [0.2, 0.25) is 15.1 Å². The van der Waals surface area contributed by atoms with Crippen molar-refractivity contribution in [1.29, 1.82) is 0 Å². The Kier molecular flexibility index (Phi) is 7.39. The molecule has 1 amide bonds. The van der Waals surface area contributed by atoms with Crippen LogP contribution in [0.3, 0.4) is 0 Å². The zero-order valence-electron chi connectivity index (χ0n) is 15.5. The standard InChI is InChI=1S/C20H18Cl3N3O3/c1-2-28-12-26-10-16(9-24-26)25-20(27)14-5-3-4-13(6-14)11-29-19-17(22)7-15(21)8-18(19)23/h3-10H,2,11-12H2,1H3,(H,25,27). The van der Waals surface area contributed by atoms with Gasteiger partial charge in [0.2, 0.25) is 0 Å². The van der Waals surface area contributed by atoms with Gasteiger partial charge in [-0.05, 0) is 36.8 Å². The normalized spacial score (nSPS) is 10.8. The van der Waals surface area contributed by atoms with Crippen molar-refractivity contribution in [3.63, 3.8) is 0 Å². The van der Waals surface area contributed by atoms with Crippen LogP contribution in [-0.2, 0) is 18.1 Å². The van der Waals surface area contributed by atoms with Gasteiger partial charge in [-0.15, -0.1) is 0 Å². The molecule has 152 valence electrons. The Morgan fingerprint density at radius 3 is 2.66 bits per heavy atom. The molecule has 1 heterocycles. The van der Waals surface area contributed by atoms with Crippen molar-refractivity contribution in [3.05, 3.63) is 75.0 Å². The highest BCUT2D eigenvalue weighted by Crippen LogP contribution is 2.36. The van der Waals surface area contributed by atoms with Gasteiger partial charge in [0.05, 0.1) is 28.1 Å². The molecule has 3 aromatic rings. The average molecular weight is 455 g/mol. The lowest BCUT2D eigenvalue weighted by Gasteiger charge is -2.11. The number of anilines is 1. The van der Waals surface area contributed by atoms with Crippen molar-refractivity contribution < 1.29 is 14.3 Å². The molecule has 0 spiro atoms.